The van der Waals surface area contributed by atoms with E-state index in [0.717, 1.165) is 16.7 Å². The number of hydrogen-bond donors (Lipinski definition) is 0. The lowest BCUT2D eigenvalue weighted by atomic mass is 9.84. The minimum atomic E-state index is -1.14. The lowest BCUT2D eigenvalue weighted by molar-refractivity contribution is -0.158. The molecule has 0 N–H and O–H groups in total. The van der Waals surface area contributed by atoms with Gasteiger partial charge in [-0.3, -0.25) is 4.79 Å². The minimum absolute atomic E-state index is 0.0359. The number of ether oxygens (including phenoxy) is 3. The summed E-state index contributed by atoms with van der Waals surface area (Å²) in [5.74, 6) is 0.0575. The van der Waals surface area contributed by atoms with Crippen LogP contribution < -0.4 is 9.47 Å². The lowest BCUT2D eigenvalue weighted by Crippen LogP contribution is -2.40. The number of nitrogens with zero attached hydrogens (tertiary/aromatic N) is 1. The Morgan fingerprint density at radius 3 is 2.20 bits per heavy atom. The molecule has 1 saturated heterocycles. The van der Waals surface area contributed by atoms with Gasteiger partial charge in [0.2, 0.25) is 0 Å². The largest absolute Gasteiger partial charge is 0.476 e. The number of Topliss-reactive ketones (excluding diaryl/α,β-unsaturated/α-hetero) is 1. The second-order valence-corrected chi connectivity index (χ2v) is 11.4. The summed E-state index contributed by atoms with van der Waals surface area (Å²) in [5, 5.41) is 0.553. The van der Waals surface area contributed by atoms with Crippen LogP contribution in [0.15, 0.2) is 66.7 Å². The number of likely N-dealkylation sites (tertiary alicyclic amines) is 1. The summed E-state index contributed by atoms with van der Waals surface area (Å²) < 4.78 is 16.9. The van der Waals surface area contributed by atoms with Crippen molar-refractivity contribution in [1.82, 2.24) is 4.90 Å². The Kier molecular flexibility index (Phi) is 9.38. The number of para-hydroxylation sites is 1. The number of hydrogen-bond acceptors (Lipinski definition) is 6. The molecule has 41 heavy (non-hydrogen) atoms. The fourth-order valence-electron chi connectivity index (χ4n) is 5.23. The van der Waals surface area contributed by atoms with Gasteiger partial charge in [-0.05, 0) is 100 Å². The molecule has 0 radical (unpaired) electrons. The predicted octanol–water partition coefficient (Wildman–Crippen LogP) is 6.85. The average molecular weight is 578 g/mol. The molecule has 0 saturated carbocycles. The van der Waals surface area contributed by atoms with Crippen molar-refractivity contribution in [3.63, 3.8) is 0 Å². The van der Waals surface area contributed by atoms with Crippen LogP contribution in [-0.4, -0.2) is 48.0 Å². The quantitative estimate of drug-likeness (QED) is 0.204. The van der Waals surface area contributed by atoms with E-state index in [1.807, 2.05) is 32.0 Å². The van der Waals surface area contributed by atoms with Crippen molar-refractivity contribution < 1.29 is 28.6 Å². The molecule has 1 aliphatic heterocycles. The molecular formula is C33H36ClNO6. The van der Waals surface area contributed by atoms with Gasteiger partial charge in [-0.2, -0.15) is 0 Å². The number of rotatable bonds is 9. The molecule has 7 nitrogen and oxygen atoms in total. The van der Waals surface area contributed by atoms with Gasteiger partial charge < -0.3 is 19.1 Å². The zero-order valence-corrected chi connectivity index (χ0v) is 24.9. The molecule has 3 aromatic rings. The van der Waals surface area contributed by atoms with E-state index in [4.69, 9.17) is 25.8 Å². The molecule has 0 unspecified atom stereocenters. The summed E-state index contributed by atoms with van der Waals surface area (Å²) in [5.41, 5.74) is 2.17. The summed E-state index contributed by atoms with van der Waals surface area (Å²) in [4.78, 5) is 40.7. The van der Waals surface area contributed by atoms with Gasteiger partial charge in [-0.1, -0.05) is 41.9 Å². The maximum Gasteiger partial charge on any atom is 0.415 e. The maximum atomic E-state index is 13.7. The number of halogens is 1. The smallest absolute Gasteiger partial charge is 0.415 e. The third-order valence-corrected chi connectivity index (χ3v) is 7.51. The molecule has 0 aliphatic carbocycles. The van der Waals surface area contributed by atoms with Crippen molar-refractivity contribution in [3.8, 4) is 11.5 Å². The van der Waals surface area contributed by atoms with Gasteiger partial charge in [0.1, 0.15) is 11.5 Å². The van der Waals surface area contributed by atoms with Crippen LogP contribution in [0.1, 0.15) is 47.8 Å². The van der Waals surface area contributed by atoms with E-state index < -0.39 is 23.6 Å². The summed E-state index contributed by atoms with van der Waals surface area (Å²) >= 11 is 6.05. The monoisotopic (exact) mass is 577 g/mol. The first kappa shape index (κ1) is 30.1. The van der Waals surface area contributed by atoms with Crippen molar-refractivity contribution in [2.75, 3.05) is 19.7 Å². The molecule has 3 aromatic carbocycles. The van der Waals surface area contributed by atoms with E-state index in [-0.39, 0.29) is 24.9 Å². The summed E-state index contributed by atoms with van der Waals surface area (Å²) in [6.45, 7) is 9.90. The van der Waals surface area contributed by atoms with Crippen LogP contribution in [0.2, 0.25) is 5.02 Å². The van der Waals surface area contributed by atoms with Crippen molar-refractivity contribution in [3.05, 3.63) is 94.0 Å². The van der Waals surface area contributed by atoms with Crippen LogP contribution in [0.3, 0.4) is 0 Å². The van der Waals surface area contributed by atoms with E-state index in [2.05, 4.69) is 0 Å². The van der Waals surface area contributed by atoms with Gasteiger partial charge >= 0.3 is 12.1 Å². The van der Waals surface area contributed by atoms with Crippen LogP contribution in [0.4, 0.5) is 4.79 Å². The highest BCUT2D eigenvalue weighted by Crippen LogP contribution is 2.34. The highest BCUT2D eigenvalue weighted by atomic mass is 35.5. The van der Waals surface area contributed by atoms with Gasteiger partial charge in [-0.15, -0.1) is 0 Å². The van der Waals surface area contributed by atoms with Crippen LogP contribution in [0, 0.1) is 25.7 Å². The van der Waals surface area contributed by atoms with Crippen molar-refractivity contribution >= 4 is 29.4 Å². The van der Waals surface area contributed by atoms with Crippen LogP contribution >= 0.6 is 11.6 Å². The maximum absolute atomic E-state index is 13.7. The molecule has 216 valence electrons. The van der Waals surface area contributed by atoms with Crippen molar-refractivity contribution in [2.45, 2.75) is 46.6 Å². The number of carbonyl (C=O) groups excluding carboxylic acids is 3. The Labute approximate surface area is 246 Å². The Hall–Kier alpha value is -3.84. The van der Waals surface area contributed by atoms with Crippen molar-refractivity contribution in [1.29, 1.82) is 0 Å². The van der Waals surface area contributed by atoms with Gasteiger partial charge in [0.15, 0.2) is 11.4 Å². The zero-order valence-electron chi connectivity index (χ0n) is 24.1. The molecule has 1 fully saturated rings. The Morgan fingerprint density at radius 2 is 1.59 bits per heavy atom. The fourth-order valence-corrected chi connectivity index (χ4v) is 5.36. The zero-order chi connectivity index (χ0) is 29.7. The molecule has 4 rings (SSSR count). The third-order valence-electron chi connectivity index (χ3n) is 7.26. The van der Waals surface area contributed by atoms with E-state index >= 15 is 0 Å². The molecule has 1 heterocycles. The topological polar surface area (TPSA) is 82.1 Å². The molecule has 0 aromatic heterocycles. The highest BCUT2D eigenvalue weighted by molar-refractivity contribution is 6.30. The molecule has 1 aliphatic rings. The average Bonchev–Trinajstić information content (AvgIpc) is 3.35. The number of amides is 1. The van der Waals surface area contributed by atoms with Gasteiger partial charge in [-0.25, -0.2) is 9.59 Å². The fraction of sp³-hybridized carbons (Fsp3) is 0.364. The van der Waals surface area contributed by atoms with E-state index in [1.165, 1.54) is 0 Å². The number of aryl methyl sites for hydroxylation is 2. The Bertz CT molecular complexity index is 1380. The van der Waals surface area contributed by atoms with Crippen LogP contribution in [-0.2, 0) is 16.0 Å². The minimum Gasteiger partial charge on any atom is -0.476 e. The molecule has 8 heteroatoms. The van der Waals surface area contributed by atoms with Gasteiger partial charge in [0.25, 0.3) is 0 Å². The SMILES string of the molecule is CCOC(=O)C(C)(C)Oc1c(C)cc(C[C@H]2CN(C(=O)Oc3ccccc3)C[C@@H]2C(=O)c2ccc(Cl)cc2)cc1C. The molecule has 0 spiro atoms. The molecule has 1 amide bonds. The van der Waals surface area contributed by atoms with Gasteiger partial charge in [0, 0.05) is 29.6 Å². The van der Waals surface area contributed by atoms with E-state index in [0.29, 0.717) is 35.1 Å². The highest BCUT2D eigenvalue weighted by Gasteiger charge is 2.41. The second kappa shape index (κ2) is 12.8. The number of ketones is 1. The molecular weight excluding hydrogens is 542 g/mol. The van der Waals surface area contributed by atoms with Crippen molar-refractivity contribution in [2.24, 2.45) is 11.8 Å². The summed E-state index contributed by atoms with van der Waals surface area (Å²) in [6.07, 6.45) is 0.0902. The second-order valence-electron chi connectivity index (χ2n) is 10.9. The van der Waals surface area contributed by atoms with E-state index in [1.54, 1.807) is 74.2 Å². The first-order valence-corrected chi connectivity index (χ1v) is 14.1. The Balaban J connectivity index is 1.57. The first-order chi connectivity index (χ1) is 19.5. The number of esters is 1. The summed E-state index contributed by atoms with van der Waals surface area (Å²) in [6, 6.07) is 19.8. The standard InChI is InChI=1S/C33H36ClNO6/c1-6-39-31(37)33(4,5)41-30-21(2)16-23(17-22(30)3)18-25-19-35(32(38)40-27-10-8-7-9-11-27)20-28(25)29(36)24-12-14-26(34)15-13-24/h7-17,25,28H,6,18-20H2,1-5H3/t25-,28-/m0/s1. The van der Waals surface area contributed by atoms with E-state index in [9.17, 15) is 14.4 Å². The number of carbonyl (C=O) groups is 3. The third kappa shape index (κ3) is 7.27. The van der Waals surface area contributed by atoms with Crippen LogP contribution in [0.5, 0.6) is 11.5 Å². The summed E-state index contributed by atoms with van der Waals surface area (Å²) in [7, 11) is 0. The van der Waals surface area contributed by atoms with Gasteiger partial charge in [0.05, 0.1) is 6.61 Å². The first-order valence-electron chi connectivity index (χ1n) is 13.8. The molecule has 2 atom stereocenters. The molecule has 0 bridgehead atoms. The van der Waals surface area contributed by atoms with Crippen LogP contribution in [0.25, 0.3) is 0 Å². The lowest BCUT2D eigenvalue weighted by Gasteiger charge is -2.27. The normalized spacial score (nSPS) is 16.8. The number of benzene rings is 3. The Morgan fingerprint density at radius 1 is 0.951 bits per heavy atom. The predicted molar refractivity (Wildman–Crippen MR) is 158 cm³/mol.